The molecule has 0 saturated heterocycles. The fourth-order valence-corrected chi connectivity index (χ4v) is 7.69. The first-order chi connectivity index (χ1) is 34.6. The van der Waals surface area contributed by atoms with Crippen LogP contribution in [0, 0.1) is 5.92 Å². The number of aromatic nitrogens is 3. The van der Waals surface area contributed by atoms with Crippen LogP contribution in [0.5, 0.6) is 5.75 Å². The first kappa shape index (κ1) is 57.6. The Hall–Kier alpha value is -8.00. The second-order valence-corrected chi connectivity index (χ2v) is 18.0. The molecule has 0 aliphatic rings. The Morgan fingerprint density at radius 1 is 0.658 bits per heavy atom. The zero-order valence-corrected chi connectivity index (χ0v) is 41.0. The van der Waals surface area contributed by atoms with E-state index in [4.69, 9.17) is 17.2 Å². The molecule has 2 heterocycles. The molecule has 0 fully saturated rings. The lowest BCUT2D eigenvalue weighted by Crippen LogP contribution is -2.59. The van der Waals surface area contributed by atoms with Crippen molar-refractivity contribution >= 4 is 82.7 Å². The predicted molar refractivity (Wildman–Crippen MR) is 266 cm³/mol. The van der Waals surface area contributed by atoms with Gasteiger partial charge in [0.1, 0.15) is 42.0 Å². The summed E-state index contributed by atoms with van der Waals surface area (Å²) < 4.78 is 0. The summed E-state index contributed by atoms with van der Waals surface area (Å²) in [4.78, 5) is 141. The van der Waals surface area contributed by atoms with E-state index in [0.717, 1.165) is 10.9 Å². The number of para-hydroxylation sites is 1. The molecule has 73 heavy (non-hydrogen) atoms. The number of primary amides is 2. The van der Waals surface area contributed by atoms with Crippen LogP contribution in [0.15, 0.2) is 67.3 Å². The van der Waals surface area contributed by atoms with Gasteiger partial charge in [-0.15, -0.1) is 0 Å². The maximum Gasteiger partial charge on any atom is 0.326 e. The van der Waals surface area contributed by atoms with E-state index in [-0.39, 0.29) is 62.4 Å². The molecule has 26 heteroatoms. The lowest BCUT2D eigenvalue weighted by atomic mass is 10.00. The summed E-state index contributed by atoms with van der Waals surface area (Å²) >= 11 is 4.15. The monoisotopic (exact) mass is 1030 g/mol. The summed E-state index contributed by atoms with van der Waals surface area (Å²) in [7, 11) is 0. The highest BCUT2D eigenvalue weighted by atomic mass is 32.1. The minimum atomic E-state index is -1.53. The largest absolute Gasteiger partial charge is 0.508 e. The van der Waals surface area contributed by atoms with Crippen LogP contribution < -0.4 is 54.4 Å². The Morgan fingerprint density at radius 2 is 1.22 bits per heavy atom. The highest BCUT2D eigenvalue weighted by molar-refractivity contribution is 7.80. The lowest BCUT2D eigenvalue weighted by Gasteiger charge is -2.27. The van der Waals surface area contributed by atoms with E-state index in [1.807, 2.05) is 13.8 Å². The number of fused-ring (bicyclic) bond motifs is 1. The Morgan fingerprint density at radius 3 is 1.81 bits per heavy atom. The number of nitrogens with two attached hydrogens (primary N) is 3. The Kier molecular flexibility index (Phi) is 22.2. The molecule has 0 spiro atoms. The van der Waals surface area contributed by atoms with E-state index in [9.17, 15) is 58.2 Å². The average Bonchev–Trinajstić information content (AvgIpc) is 4.02. The molecule has 0 radical (unpaired) electrons. The summed E-state index contributed by atoms with van der Waals surface area (Å²) in [6.45, 7) is 2.83. The van der Waals surface area contributed by atoms with E-state index in [1.54, 1.807) is 30.5 Å². The van der Waals surface area contributed by atoms with Crippen LogP contribution in [0.2, 0.25) is 0 Å². The average molecular weight is 1030 g/mol. The minimum absolute atomic E-state index is 0.0788. The number of carbonyl (C=O) groups is 10. The fraction of sp³-hybridized carbons (Fsp3) is 0.426. The number of imidazole rings is 1. The molecule has 9 amide bonds. The van der Waals surface area contributed by atoms with Gasteiger partial charge in [0.15, 0.2) is 0 Å². The van der Waals surface area contributed by atoms with Gasteiger partial charge >= 0.3 is 5.97 Å². The lowest BCUT2D eigenvalue weighted by molar-refractivity contribution is -0.142. The third kappa shape index (κ3) is 18.9. The Labute approximate surface area is 424 Å². The number of hydrogen-bond acceptors (Lipinski definition) is 14. The molecule has 0 unspecified atom stereocenters. The Balaban J connectivity index is 1.44. The maximum absolute atomic E-state index is 14.1. The number of phenolic OH excluding ortho intramolecular Hbond substituents is 1. The molecule has 394 valence electrons. The summed E-state index contributed by atoms with van der Waals surface area (Å²) in [5, 5.41) is 37.9. The smallest absolute Gasteiger partial charge is 0.326 e. The van der Waals surface area contributed by atoms with Gasteiger partial charge in [-0.2, -0.15) is 12.6 Å². The molecule has 25 nitrogen and oxygen atoms in total. The van der Waals surface area contributed by atoms with Crippen molar-refractivity contribution in [3.63, 3.8) is 0 Å². The topological polar surface area (TPSA) is 418 Å². The number of H-pyrrole nitrogens is 2. The number of benzene rings is 2. The maximum atomic E-state index is 14.1. The van der Waals surface area contributed by atoms with Gasteiger partial charge in [0, 0.05) is 66.8 Å². The standard InChI is InChI=1S/C47H63N13O12S/c1-24(2)15-34(58-41(65)30(48)18-27-20-51-23-54-27)44(68)59-35(16-25-7-9-28(61)10-8-25)45(69)56-32(11-13-38(49)62)42(66)53-21-40(64)55-37(22-73)46(70)57-33(12-14-39(50)63)43(67)60-36(47(71)72)17-26-19-52-31-6-4-3-5-29(26)31/h3-10,19-20,23-24,30,32-37,52,61,73H,11-18,21-22,48H2,1-2H3,(H2,49,62)(H2,50,63)(H,51,54)(H,53,66)(H,55,64)(H,56,69)(H,57,70)(H,58,65)(H,59,68)(H,60,67)(H,71,72)/t30-,32-,33-,34-,35-,36-,37-/m0/s1. The summed E-state index contributed by atoms with van der Waals surface area (Å²) in [5.74, 6) is -9.80. The molecular weight excluding hydrogens is 971 g/mol. The predicted octanol–water partition coefficient (Wildman–Crippen LogP) is -2.43. The Bertz CT molecular complexity index is 2570. The van der Waals surface area contributed by atoms with Gasteiger partial charge in [-0.1, -0.05) is 44.2 Å². The number of carbonyl (C=O) groups excluding carboxylic acids is 9. The summed E-state index contributed by atoms with van der Waals surface area (Å²) in [6.07, 6.45) is 2.91. The van der Waals surface area contributed by atoms with Crippen LogP contribution in [-0.4, -0.2) is 139 Å². The van der Waals surface area contributed by atoms with Gasteiger partial charge in [-0.3, -0.25) is 43.2 Å². The second-order valence-electron chi connectivity index (χ2n) is 17.6. The van der Waals surface area contributed by atoms with E-state index in [1.165, 1.54) is 36.8 Å². The van der Waals surface area contributed by atoms with Crippen LogP contribution in [0.1, 0.15) is 62.8 Å². The quantitative estimate of drug-likeness (QED) is 0.0242. The highest BCUT2D eigenvalue weighted by Gasteiger charge is 2.33. The van der Waals surface area contributed by atoms with Crippen molar-refractivity contribution in [2.45, 2.75) is 108 Å². The van der Waals surface area contributed by atoms with E-state index >= 15 is 0 Å². The number of carboxylic acids is 1. The molecular formula is C47H63N13O12S. The number of nitrogens with one attached hydrogen (secondary N) is 9. The number of hydrogen-bond donors (Lipinski definition) is 15. The van der Waals surface area contributed by atoms with Gasteiger partial charge in [0.05, 0.1) is 18.9 Å². The number of rotatable bonds is 30. The number of carboxylic acid groups (broad SMARTS) is 1. The van der Waals surface area contributed by atoms with Crippen LogP contribution in [0.4, 0.5) is 0 Å². The van der Waals surface area contributed by atoms with E-state index in [2.05, 4.69) is 64.8 Å². The van der Waals surface area contributed by atoms with Crippen molar-refractivity contribution in [3.05, 3.63) is 84.1 Å². The highest BCUT2D eigenvalue weighted by Crippen LogP contribution is 2.20. The van der Waals surface area contributed by atoms with Crippen LogP contribution in [0.3, 0.4) is 0 Å². The SMILES string of the molecule is CC(C)C[C@H](NC(=O)[C@@H](N)Cc1cnc[nH]1)C(=O)N[C@@H](Cc1ccc(O)cc1)C(=O)N[C@@H](CCC(N)=O)C(=O)NCC(=O)N[C@@H](CS)C(=O)N[C@@H](CCC(N)=O)C(=O)N[C@@H](Cc1c[nH]c2ccccc12)C(=O)O. The number of thiol groups is 1. The number of aliphatic carboxylic acids is 1. The summed E-state index contributed by atoms with van der Waals surface area (Å²) in [5.41, 5.74) is 19.2. The zero-order valence-electron chi connectivity index (χ0n) is 40.1. The number of phenols is 1. The number of aromatic amines is 2. The molecule has 2 aromatic heterocycles. The van der Waals surface area contributed by atoms with Crippen molar-refractivity contribution in [3.8, 4) is 5.75 Å². The van der Waals surface area contributed by atoms with Gasteiger partial charge in [0.25, 0.3) is 0 Å². The molecule has 7 atom stereocenters. The fourth-order valence-electron chi connectivity index (χ4n) is 7.44. The molecule has 4 aromatic rings. The van der Waals surface area contributed by atoms with Crippen LogP contribution in [0.25, 0.3) is 10.9 Å². The second kappa shape index (κ2) is 28.1. The van der Waals surface area contributed by atoms with Gasteiger partial charge < -0.3 is 74.6 Å². The van der Waals surface area contributed by atoms with Gasteiger partial charge in [0.2, 0.25) is 53.2 Å². The molecule has 0 aliphatic carbocycles. The van der Waals surface area contributed by atoms with Crippen LogP contribution >= 0.6 is 12.6 Å². The normalized spacial score (nSPS) is 14.0. The third-order valence-corrected chi connectivity index (χ3v) is 11.6. The van der Waals surface area contributed by atoms with Crippen molar-refractivity contribution < 1.29 is 58.2 Å². The summed E-state index contributed by atoms with van der Waals surface area (Å²) in [6, 6.07) is 3.21. The van der Waals surface area contributed by atoms with Crippen molar-refractivity contribution in [1.29, 1.82) is 0 Å². The first-order valence-corrected chi connectivity index (χ1v) is 23.8. The first-order valence-electron chi connectivity index (χ1n) is 23.2. The van der Waals surface area contributed by atoms with E-state index < -0.39 is 114 Å². The minimum Gasteiger partial charge on any atom is -0.508 e. The van der Waals surface area contributed by atoms with Crippen molar-refractivity contribution in [1.82, 2.24) is 52.2 Å². The van der Waals surface area contributed by atoms with Crippen molar-refractivity contribution in [2.75, 3.05) is 12.3 Å². The molecule has 0 aliphatic heterocycles. The molecule has 0 bridgehead atoms. The third-order valence-electron chi connectivity index (χ3n) is 11.3. The number of nitrogens with zero attached hydrogens (tertiary/aromatic N) is 1. The number of amides is 9. The molecule has 4 rings (SSSR count). The van der Waals surface area contributed by atoms with E-state index in [0.29, 0.717) is 16.8 Å². The van der Waals surface area contributed by atoms with Gasteiger partial charge in [-0.05, 0) is 54.5 Å². The molecule has 0 saturated carbocycles. The molecule has 17 N–H and O–H groups in total. The zero-order chi connectivity index (χ0) is 53.8. The van der Waals surface area contributed by atoms with Crippen molar-refractivity contribution in [2.24, 2.45) is 23.1 Å². The van der Waals surface area contributed by atoms with Crippen LogP contribution in [-0.2, 0) is 67.2 Å². The molecule has 2 aromatic carbocycles. The number of aromatic hydroxyl groups is 1. The van der Waals surface area contributed by atoms with Gasteiger partial charge in [-0.25, -0.2) is 9.78 Å².